The molecule has 5 heteroatoms. The summed E-state index contributed by atoms with van der Waals surface area (Å²) in [7, 11) is 3.21. The zero-order chi connectivity index (χ0) is 16.1. The topological polar surface area (TPSA) is 38.8 Å². The number of Topliss-reactive ketones (excluding diaryl/α,β-unsaturated/α-hetero) is 1. The molecule has 1 saturated heterocycles. The molecule has 1 fully saturated rings. The predicted octanol–water partition coefficient (Wildman–Crippen LogP) is 3.53. The van der Waals surface area contributed by atoms with Crippen molar-refractivity contribution in [3.05, 3.63) is 27.7 Å². The van der Waals surface area contributed by atoms with Crippen molar-refractivity contribution in [1.82, 2.24) is 4.90 Å². The molecule has 0 radical (unpaired) electrons. The van der Waals surface area contributed by atoms with Crippen LogP contribution in [0.3, 0.4) is 0 Å². The molecule has 0 aromatic heterocycles. The fraction of sp³-hybridized carbons (Fsp3) is 0.471. The number of piperidine rings is 1. The van der Waals surface area contributed by atoms with Gasteiger partial charge in [0.15, 0.2) is 17.3 Å². The van der Waals surface area contributed by atoms with Crippen molar-refractivity contribution in [3.63, 3.8) is 0 Å². The average Bonchev–Trinajstić information content (AvgIpc) is 2.50. The van der Waals surface area contributed by atoms with E-state index in [1.807, 2.05) is 18.2 Å². The van der Waals surface area contributed by atoms with Crippen LogP contribution in [-0.4, -0.2) is 44.5 Å². The first-order chi connectivity index (χ1) is 10.6. The number of methoxy groups -OCH3 is 2. The highest BCUT2D eigenvalue weighted by molar-refractivity contribution is 9.10. The molecule has 0 atom stereocenters. The summed E-state index contributed by atoms with van der Waals surface area (Å²) in [6.45, 7) is 4.77. The van der Waals surface area contributed by atoms with Crippen molar-refractivity contribution in [1.29, 1.82) is 0 Å². The number of benzene rings is 1. The number of hydrogen-bond acceptors (Lipinski definition) is 4. The van der Waals surface area contributed by atoms with Crippen molar-refractivity contribution < 1.29 is 14.3 Å². The lowest BCUT2D eigenvalue weighted by molar-refractivity contribution is -0.117. The third-order valence-corrected chi connectivity index (χ3v) is 4.33. The minimum absolute atomic E-state index is 0.235. The summed E-state index contributed by atoms with van der Waals surface area (Å²) in [5.41, 5.74) is 1.80. The van der Waals surface area contributed by atoms with Crippen molar-refractivity contribution in [2.75, 3.05) is 33.9 Å². The number of ketones is 1. The summed E-state index contributed by atoms with van der Waals surface area (Å²) in [6.07, 6.45) is 3.65. The largest absolute Gasteiger partial charge is 0.493 e. The maximum atomic E-state index is 12.1. The van der Waals surface area contributed by atoms with E-state index in [2.05, 4.69) is 27.8 Å². The Kier molecular flexibility index (Phi) is 6.03. The highest BCUT2D eigenvalue weighted by Gasteiger charge is 2.21. The lowest BCUT2D eigenvalue weighted by Gasteiger charge is -2.27. The zero-order valence-electron chi connectivity index (χ0n) is 13.3. The Balaban J connectivity index is 2.30. The van der Waals surface area contributed by atoms with E-state index in [0.717, 1.165) is 41.7 Å². The van der Waals surface area contributed by atoms with Gasteiger partial charge in [-0.15, -0.1) is 0 Å². The Morgan fingerprint density at radius 2 is 2.09 bits per heavy atom. The molecule has 1 aromatic carbocycles. The van der Waals surface area contributed by atoms with E-state index in [1.54, 1.807) is 14.2 Å². The van der Waals surface area contributed by atoms with Crippen LogP contribution in [0.25, 0.3) is 6.08 Å². The molecular formula is C17H22BrNO3. The van der Waals surface area contributed by atoms with E-state index in [-0.39, 0.29) is 5.78 Å². The SMILES string of the molecule is CCCN1CCC(=O)/C(=C/c2cc(Br)c(OC)c(OC)c2)C1. The first-order valence-corrected chi connectivity index (χ1v) is 8.26. The molecule has 4 nitrogen and oxygen atoms in total. The average molecular weight is 368 g/mol. The lowest BCUT2D eigenvalue weighted by Crippen LogP contribution is -2.36. The van der Waals surface area contributed by atoms with Crippen molar-refractivity contribution >= 4 is 27.8 Å². The van der Waals surface area contributed by atoms with Crippen molar-refractivity contribution in [3.8, 4) is 11.5 Å². The number of ether oxygens (including phenoxy) is 2. The van der Waals surface area contributed by atoms with Gasteiger partial charge in [0.05, 0.1) is 18.7 Å². The number of carbonyl (C=O) groups excluding carboxylic acids is 1. The Labute approximate surface area is 140 Å². The molecule has 0 unspecified atom stereocenters. The van der Waals surface area contributed by atoms with Gasteiger partial charge in [0, 0.05) is 25.1 Å². The fourth-order valence-corrected chi connectivity index (χ4v) is 3.31. The van der Waals surface area contributed by atoms with Gasteiger partial charge in [0.1, 0.15) is 0 Å². The molecule has 120 valence electrons. The zero-order valence-corrected chi connectivity index (χ0v) is 14.9. The molecule has 1 aromatic rings. The molecule has 0 aliphatic carbocycles. The number of halogens is 1. The molecule has 0 spiro atoms. The summed E-state index contributed by atoms with van der Waals surface area (Å²) in [4.78, 5) is 14.5. The van der Waals surface area contributed by atoms with E-state index >= 15 is 0 Å². The first kappa shape index (κ1) is 17.0. The number of carbonyl (C=O) groups is 1. The molecule has 1 heterocycles. The minimum Gasteiger partial charge on any atom is -0.493 e. The van der Waals surface area contributed by atoms with Crippen LogP contribution in [0.1, 0.15) is 25.3 Å². The van der Waals surface area contributed by atoms with Gasteiger partial charge in [-0.2, -0.15) is 0 Å². The van der Waals surface area contributed by atoms with Crippen LogP contribution in [0.2, 0.25) is 0 Å². The van der Waals surface area contributed by atoms with Gasteiger partial charge < -0.3 is 9.47 Å². The second kappa shape index (κ2) is 7.79. The van der Waals surface area contributed by atoms with Crippen LogP contribution in [-0.2, 0) is 4.79 Å². The normalized spacial score (nSPS) is 17.8. The summed E-state index contributed by atoms with van der Waals surface area (Å²) < 4.78 is 11.5. The fourth-order valence-electron chi connectivity index (χ4n) is 2.68. The molecule has 0 amide bonds. The Bertz CT molecular complexity index is 584. The smallest absolute Gasteiger partial charge is 0.174 e. The van der Waals surface area contributed by atoms with Gasteiger partial charge in [-0.1, -0.05) is 6.92 Å². The highest BCUT2D eigenvalue weighted by Crippen LogP contribution is 2.37. The quantitative estimate of drug-likeness (QED) is 0.746. The van der Waals surface area contributed by atoms with Gasteiger partial charge in [-0.25, -0.2) is 0 Å². The van der Waals surface area contributed by atoms with Crippen LogP contribution < -0.4 is 9.47 Å². The standard InChI is InChI=1S/C17H22BrNO3/c1-4-6-19-7-5-15(20)13(11-19)8-12-9-14(18)17(22-3)16(10-12)21-2/h8-10H,4-7,11H2,1-3H3/b13-8+. The number of hydrogen-bond donors (Lipinski definition) is 0. The monoisotopic (exact) mass is 367 g/mol. The van der Waals surface area contributed by atoms with Gasteiger partial charge in [0.2, 0.25) is 0 Å². The van der Waals surface area contributed by atoms with E-state index in [0.29, 0.717) is 17.9 Å². The molecule has 0 saturated carbocycles. The lowest BCUT2D eigenvalue weighted by atomic mass is 10.00. The molecule has 1 aliphatic rings. The minimum atomic E-state index is 0.235. The van der Waals surface area contributed by atoms with Gasteiger partial charge in [0.25, 0.3) is 0 Å². The molecule has 2 rings (SSSR count). The van der Waals surface area contributed by atoms with Gasteiger partial charge >= 0.3 is 0 Å². The second-order valence-corrected chi connectivity index (χ2v) is 6.21. The summed E-state index contributed by atoms with van der Waals surface area (Å²) in [5.74, 6) is 1.54. The highest BCUT2D eigenvalue weighted by atomic mass is 79.9. The van der Waals surface area contributed by atoms with Crippen molar-refractivity contribution in [2.24, 2.45) is 0 Å². The Hall–Kier alpha value is -1.33. The molecule has 22 heavy (non-hydrogen) atoms. The van der Waals surface area contributed by atoms with Crippen LogP contribution >= 0.6 is 15.9 Å². The van der Waals surface area contributed by atoms with Crippen LogP contribution in [0.4, 0.5) is 0 Å². The summed E-state index contributed by atoms with van der Waals surface area (Å²) >= 11 is 3.49. The summed E-state index contributed by atoms with van der Waals surface area (Å²) in [6, 6.07) is 3.84. The molecular weight excluding hydrogens is 346 g/mol. The molecule has 0 bridgehead atoms. The summed E-state index contributed by atoms with van der Waals surface area (Å²) in [5, 5.41) is 0. The van der Waals surface area contributed by atoms with Crippen molar-refractivity contribution in [2.45, 2.75) is 19.8 Å². The number of likely N-dealkylation sites (tertiary alicyclic amines) is 1. The third-order valence-electron chi connectivity index (χ3n) is 3.74. The Morgan fingerprint density at radius 1 is 1.32 bits per heavy atom. The molecule has 1 aliphatic heterocycles. The van der Waals surface area contributed by atoms with Crippen LogP contribution in [0, 0.1) is 0 Å². The van der Waals surface area contributed by atoms with E-state index in [1.165, 1.54) is 0 Å². The third kappa shape index (κ3) is 3.90. The molecule has 0 N–H and O–H groups in total. The van der Waals surface area contributed by atoms with Gasteiger partial charge in [-0.05, 0) is 52.7 Å². The van der Waals surface area contributed by atoms with Crippen LogP contribution in [0.5, 0.6) is 11.5 Å². The first-order valence-electron chi connectivity index (χ1n) is 7.46. The Morgan fingerprint density at radius 3 is 2.73 bits per heavy atom. The second-order valence-electron chi connectivity index (χ2n) is 5.36. The van der Waals surface area contributed by atoms with Crippen LogP contribution in [0.15, 0.2) is 22.2 Å². The predicted molar refractivity (Wildman–Crippen MR) is 91.6 cm³/mol. The number of nitrogens with zero attached hydrogens (tertiary/aromatic N) is 1. The maximum Gasteiger partial charge on any atom is 0.174 e. The maximum absolute atomic E-state index is 12.1. The van der Waals surface area contributed by atoms with E-state index in [4.69, 9.17) is 9.47 Å². The van der Waals surface area contributed by atoms with E-state index in [9.17, 15) is 4.79 Å². The number of rotatable bonds is 5. The van der Waals surface area contributed by atoms with Gasteiger partial charge in [-0.3, -0.25) is 9.69 Å². The van der Waals surface area contributed by atoms with E-state index < -0.39 is 0 Å².